The molecule has 0 saturated heterocycles. The highest BCUT2D eigenvalue weighted by Gasteiger charge is 2.28. The summed E-state index contributed by atoms with van der Waals surface area (Å²) < 4.78 is 10.1. The molecular weight excluding hydrogens is 392 g/mol. The van der Waals surface area contributed by atoms with E-state index in [0.717, 1.165) is 0 Å². The number of hydrogen-bond acceptors (Lipinski definition) is 8. The van der Waals surface area contributed by atoms with Crippen LogP contribution < -0.4 is 14.5 Å². The van der Waals surface area contributed by atoms with Gasteiger partial charge in [-0.1, -0.05) is 18.2 Å². The van der Waals surface area contributed by atoms with Gasteiger partial charge in [-0.15, -0.1) is 0 Å². The van der Waals surface area contributed by atoms with Gasteiger partial charge in [0.05, 0.1) is 51.0 Å². The van der Waals surface area contributed by atoms with Crippen molar-refractivity contribution in [1.29, 1.82) is 0 Å². The molecule has 0 saturated carbocycles. The van der Waals surface area contributed by atoms with Gasteiger partial charge in [-0.05, 0) is 6.07 Å². The van der Waals surface area contributed by atoms with Gasteiger partial charge in [-0.25, -0.2) is 4.98 Å². The zero-order valence-corrected chi connectivity index (χ0v) is 17.2. The molecule has 3 rings (SSSR count). The summed E-state index contributed by atoms with van der Waals surface area (Å²) in [6.07, 6.45) is 0.313. The minimum atomic E-state index is -0.591. The average Bonchev–Trinajstić information content (AvgIpc) is 2.69. The molecule has 10 nitrogen and oxygen atoms in total. The monoisotopic (exact) mass is 415 g/mol. The van der Waals surface area contributed by atoms with E-state index >= 15 is 0 Å². The number of nitro groups is 1. The van der Waals surface area contributed by atoms with Crippen molar-refractivity contribution < 1.29 is 19.0 Å². The summed E-state index contributed by atoms with van der Waals surface area (Å²) in [5, 5.41) is 38.2. The van der Waals surface area contributed by atoms with Gasteiger partial charge in [0.15, 0.2) is 0 Å². The maximum absolute atomic E-state index is 13.2. The second kappa shape index (κ2) is 8.27. The third-order valence-corrected chi connectivity index (χ3v) is 4.76. The summed E-state index contributed by atoms with van der Waals surface area (Å²) in [7, 11) is 5.71. The van der Waals surface area contributed by atoms with Crippen molar-refractivity contribution in [3.63, 3.8) is 0 Å². The number of fused-ring (bicyclic) bond motifs is 2. The van der Waals surface area contributed by atoms with Crippen LogP contribution in [0.25, 0.3) is 21.8 Å². The van der Waals surface area contributed by atoms with Crippen LogP contribution >= 0.6 is 0 Å². The van der Waals surface area contributed by atoms with Crippen molar-refractivity contribution in [2.75, 3.05) is 46.5 Å². The van der Waals surface area contributed by atoms with E-state index in [0.29, 0.717) is 22.4 Å². The van der Waals surface area contributed by atoms with E-state index in [9.17, 15) is 20.5 Å². The Bertz CT molecular complexity index is 1100. The van der Waals surface area contributed by atoms with E-state index in [1.165, 1.54) is 34.4 Å². The Hall–Kier alpha value is -3.21. The fourth-order valence-electron chi connectivity index (χ4n) is 3.43. The number of hydrogen-bond donors (Lipinski definition) is 0. The van der Waals surface area contributed by atoms with Crippen LogP contribution in [0, 0.1) is 20.5 Å². The van der Waals surface area contributed by atoms with Crippen LogP contribution in [0.5, 0.6) is 11.5 Å². The van der Waals surface area contributed by atoms with Crippen molar-refractivity contribution in [2.45, 2.75) is 6.42 Å². The Labute approximate surface area is 173 Å². The van der Waals surface area contributed by atoms with E-state index in [-0.39, 0.29) is 46.9 Å². The number of aromatic nitrogens is 1. The Kier molecular flexibility index (Phi) is 5.92. The van der Waals surface area contributed by atoms with Crippen LogP contribution in [-0.2, 0) is 0 Å². The molecule has 3 aromatic rings. The molecule has 2 aromatic carbocycles. The Morgan fingerprint density at radius 1 is 1.17 bits per heavy atom. The number of para-hydroxylation sites is 1. The molecule has 10 heteroatoms. The molecule has 0 N–H and O–H groups in total. The summed E-state index contributed by atoms with van der Waals surface area (Å²) in [5.41, 5.74) is 0.441. The lowest BCUT2D eigenvalue weighted by molar-refractivity contribution is -0.840. The van der Waals surface area contributed by atoms with Gasteiger partial charge in [0.1, 0.15) is 16.7 Å². The fraction of sp³-hybridized carbons (Fsp3) is 0.350. The Balaban J connectivity index is 2.34. The molecule has 30 heavy (non-hydrogen) atoms. The number of nitro benzene ring substituents is 1. The van der Waals surface area contributed by atoms with Gasteiger partial charge < -0.3 is 29.6 Å². The lowest BCUT2D eigenvalue weighted by atomic mass is 10.0. The molecule has 0 unspecified atom stereocenters. The number of pyridine rings is 1. The summed E-state index contributed by atoms with van der Waals surface area (Å²) in [4.78, 5) is 15.9. The molecule has 1 aromatic heterocycles. The lowest BCUT2D eigenvalue weighted by Crippen LogP contribution is -2.35. The molecule has 1 heterocycles. The molecule has 0 aliphatic rings. The molecule has 0 fully saturated rings. The van der Waals surface area contributed by atoms with Gasteiger partial charge in [0.2, 0.25) is 5.75 Å². The van der Waals surface area contributed by atoms with E-state index in [1.54, 1.807) is 24.3 Å². The average molecular weight is 415 g/mol. The topological polar surface area (TPSA) is 124 Å². The van der Waals surface area contributed by atoms with E-state index in [2.05, 4.69) is 4.98 Å². The van der Waals surface area contributed by atoms with Gasteiger partial charge in [-0.3, -0.25) is 10.1 Å². The number of methoxy groups -OCH3 is 2. The first-order chi connectivity index (χ1) is 14.2. The molecule has 0 atom stereocenters. The first-order valence-electron chi connectivity index (χ1n) is 9.28. The fourth-order valence-corrected chi connectivity index (χ4v) is 3.43. The first kappa shape index (κ1) is 21.5. The number of nitrogens with zero attached hydrogens (tertiary/aromatic N) is 4. The number of benzene rings is 2. The number of quaternary nitrogens is 1. The van der Waals surface area contributed by atoms with Gasteiger partial charge >= 0.3 is 5.69 Å². The number of hydroxylamine groups is 4. The molecule has 0 radical (unpaired) electrons. The predicted molar refractivity (Wildman–Crippen MR) is 115 cm³/mol. The first-order valence-corrected chi connectivity index (χ1v) is 9.28. The zero-order valence-electron chi connectivity index (χ0n) is 17.2. The normalized spacial score (nSPS) is 11.7. The zero-order chi connectivity index (χ0) is 22.1. The minimum absolute atomic E-state index is 0.0102. The Morgan fingerprint density at radius 2 is 1.83 bits per heavy atom. The standard InChI is InChI=1S/C20H23N4O6/c1-24(2,28)11-7-10-22(25)19-13-8-5-6-9-14(13)21-18-15(29-3)12-16(30-4)20(17(18)19)23(26)27/h5-6,8-9,12H,7,10-11H2,1-4H3/q-1. The number of rotatable bonds is 8. The van der Waals surface area contributed by atoms with Crippen molar-refractivity contribution in [3.8, 4) is 11.5 Å². The highest BCUT2D eigenvalue weighted by atomic mass is 16.6. The van der Waals surface area contributed by atoms with Gasteiger partial charge in [0, 0.05) is 24.4 Å². The van der Waals surface area contributed by atoms with Crippen molar-refractivity contribution in [3.05, 3.63) is 50.9 Å². The lowest BCUT2D eigenvalue weighted by Gasteiger charge is -2.37. The summed E-state index contributed by atoms with van der Waals surface area (Å²) in [5.74, 6) is 0.221. The molecule has 0 bridgehead atoms. The number of ether oxygens (including phenoxy) is 2. The molecule has 0 amide bonds. The van der Waals surface area contributed by atoms with E-state index < -0.39 is 9.57 Å². The Morgan fingerprint density at radius 3 is 2.43 bits per heavy atom. The second-order valence-electron chi connectivity index (χ2n) is 7.34. The van der Waals surface area contributed by atoms with Gasteiger partial charge in [0.25, 0.3) is 0 Å². The van der Waals surface area contributed by atoms with E-state index in [4.69, 9.17) is 9.47 Å². The maximum Gasteiger partial charge on any atom is 0.322 e. The van der Waals surface area contributed by atoms with Crippen molar-refractivity contribution >= 4 is 33.2 Å². The molecule has 0 aliphatic carbocycles. The summed E-state index contributed by atoms with van der Waals surface area (Å²) >= 11 is 0. The van der Waals surface area contributed by atoms with Crippen molar-refractivity contribution in [2.24, 2.45) is 0 Å². The summed E-state index contributed by atoms with van der Waals surface area (Å²) in [6.45, 7) is 0.220. The second-order valence-corrected chi connectivity index (χ2v) is 7.34. The van der Waals surface area contributed by atoms with Crippen LogP contribution in [0.3, 0.4) is 0 Å². The molecule has 160 valence electrons. The number of anilines is 1. The SMILES string of the molecule is COc1cc(OC)c2nc3ccccc3c(N([O-])CCC[N+](C)(C)[O-])c2c1[N+](=O)[O-]. The molecule has 0 spiro atoms. The highest BCUT2D eigenvalue weighted by Crippen LogP contribution is 2.47. The smallest absolute Gasteiger partial charge is 0.322 e. The van der Waals surface area contributed by atoms with Crippen LogP contribution in [0.2, 0.25) is 0 Å². The third kappa shape index (κ3) is 4.06. The minimum Gasteiger partial charge on any atom is -0.758 e. The molecule has 0 aliphatic heterocycles. The third-order valence-electron chi connectivity index (χ3n) is 4.76. The predicted octanol–water partition coefficient (Wildman–Crippen LogP) is 3.58. The van der Waals surface area contributed by atoms with E-state index in [1.807, 2.05) is 0 Å². The van der Waals surface area contributed by atoms with Crippen LogP contribution in [0.1, 0.15) is 6.42 Å². The van der Waals surface area contributed by atoms with Crippen molar-refractivity contribution in [1.82, 2.24) is 4.98 Å². The maximum atomic E-state index is 13.2. The van der Waals surface area contributed by atoms with Crippen LogP contribution in [0.15, 0.2) is 30.3 Å². The van der Waals surface area contributed by atoms with Crippen LogP contribution in [0.4, 0.5) is 11.4 Å². The largest absolute Gasteiger partial charge is 0.758 e. The quantitative estimate of drug-likeness (QED) is 0.237. The van der Waals surface area contributed by atoms with Gasteiger partial charge in [-0.2, -0.15) is 0 Å². The van der Waals surface area contributed by atoms with Crippen LogP contribution in [-0.4, -0.2) is 56.0 Å². The summed E-state index contributed by atoms with van der Waals surface area (Å²) in [6, 6.07) is 8.29. The highest BCUT2D eigenvalue weighted by molar-refractivity contribution is 6.14. The molecular formula is C20H23N4O6-.